The summed E-state index contributed by atoms with van der Waals surface area (Å²) in [6.45, 7) is 0.463. The lowest BCUT2D eigenvalue weighted by molar-refractivity contribution is -0.157. The minimum atomic E-state index is -3.93. The third kappa shape index (κ3) is 3.19. The van der Waals surface area contributed by atoms with Crippen molar-refractivity contribution in [3.8, 4) is 0 Å². The molecule has 26 heavy (non-hydrogen) atoms. The van der Waals surface area contributed by atoms with E-state index in [1.165, 1.54) is 17.0 Å². The molecule has 10 nitrogen and oxygen atoms in total. The first-order valence-corrected chi connectivity index (χ1v) is 9.57. The zero-order valence-electron chi connectivity index (χ0n) is 13.8. The van der Waals surface area contributed by atoms with Crippen LogP contribution in [0, 0.1) is 11.8 Å². The number of carboxylic acids is 1. The lowest BCUT2D eigenvalue weighted by Crippen LogP contribution is -2.54. The van der Waals surface area contributed by atoms with Crippen LogP contribution in [0.15, 0.2) is 21.6 Å². The number of nitrogens with zero attached hydrogens (tertiary/aromatic N) is 2. The van der Waals surface area contributed by atoms with Crippen LogP contribution < -0.4 is 5.73 Å². The van der Waals surface area contributed by atoms with Crippen LogP contribution in [0.25, 0.3) is 0 Å². The Morgan fingerprint density at radius 3 is 2.15 bits per heavy atom. The summed E-state index contributed by atoms with van der Waals surface area (Å²) in [6.07, 6.45) is 1.03. The van der Waals surface area contributed by atoms with E-state index in [2.05, 4.69) is 0 Å². The molecule has 3 N–H and O–H groups in total. The van der Waals surface area contributed by atoms with E-state index in [-0.39, 0.29) is 42.9 Å². The molecule has 0 radical (unpaired) electrons. The Balaban J connectivity index is 1.63. The van der Waals surface area contributed by atoms with Gasteiger partial charge in [-0.2, -0.15) is 4.31 Å². The monoisotopic (exact) mass is 385 g/mol. The van der Waals surface area contributed by atoms with Gasteiger partial charge in [-0.3, -0.25) is 14.4 Å². The lowest BCUT2D eigenvalue weighted by Gasteiger charge is -2.39. The number of piperazine rings is 1. The van der Waals surface area contributed by atoms with Crippen molar-refractivity contribution in [3.63, 3.8) is 0 Å². The van der Waals surface area contributed by atoms with Crippen LogP contribution in [-0.4, -0.2) is 66.7 Å². The number of carbonyl (C=O) groups excluding carboxylic acids is 2. The van der Waals surface area contributed by atoms with Crippen molar-refractivity contribution in [1.82, 2.24) is 9.21 Å². The molecular weight excluding hydrogens is 366 g/mol. The van der Waals surface area contributed by atoms with Gasteiger partial charge in [0, 0.05) is 26.2 Å². The van der Waals surface area contributed by atoms with Gasteiger partial charge < -0.3 is 20.2 Å². The van der Waals surface area contributed by atoms with Crippen LogP contribution in [0.4, 0.5) is 0 Å². The van der Waals surface area contributed by atoms with Gasteiger partial charge in [-0.25, -0.2) is 8.42 Å². The van der Waals surface area contributed by atoms with E-state index in [1.807, 2.05) is 0 Å². The number of nitrogens with two attached hydrogens (primary N) is 1. The highest BCUT2D eigenvalue weighted by Gasteiger charge is 2.44. The lowest BCUT2D eigenvalue weighted by atomic mass is 9.73. The zero-order chi connectivity index (χ0) is 19.1. The molecule has 3 rings (SSSR count). The fraction of sp³-hybridized carbons (Fsp3) is 0.533. The van der Waals surface area contributed by atoms with Crippen LogP contribution in [0.2, 0.25) is 0 Å². The van der Waals surface area contributed by atoms with Gasteiger partial charge >= 0.3 is 5.97 Å². The number of hydrogen-bond acceptors (Lipinski definition) is 6. The summed E-state index contributed by atoms with van der Waals surface area (Å²) in [5, 5.41) is 8.69. The summed E-state index contributed by atoms with van der Waals surface area (Å²) in [7, 11) is -3.93. The number of rotatable bonds is 5. The van der Waals surface area contributed by atoms with Gasteiger partial charge in [0.15, 0.2) is 5.76 Å². The first-order chi connectivity index (χ1) is 12.2. The van der Waals surface area contributed by atoms with E-state index < -0.39 is 33.7 Å². The number of carboxylic acid groups (broad SMARTS) is 1. The highest BCUT2D eigenvalue weighted by molar-refractivity contribution is 7.89. The molecular formula is C15H19N3O7S. The average Bonchev–Trinajstić information content (AvgIpc) is 3.04. The Hall–Kier alpha value is -2.40. The molecule has 142 valence electrons. The zero-order valence-corrected chi connectivity index (χ0v) is 14.6. The number of primary amides is 1. The second-order valence-electron chi connectivity index (χ2n) is 6.34. The van der Waals surface area contributed by atoms with Gasteiger partial charge in [0.05, 0.1) is 11.8 Å². The summed E-state index contributed by atoms with van der Waals surface area (Å²) in [4.78, 5) is 36.0. The van der Waals surface area contributed by atoms with Crippen LogP contribution in [-0.2, 0) is 19.6 Å². The van der Waals surface area contributed by atoms with Crippen molar-refractivity contribution < 1.29 is 32.3 Å². The number of furan rings is 1. The fourth-order valence-electron chi connectivity index (χ4n) is 3.19. The number of amides is 2. The van der Waals surface area contributed by atoms with Crippen LogP contribution in [0.1, 0.15) is 23.4 Å². The number of hydrogen-bond donors (Lipinski definition) is 2. The Kier molecular flexibility index (Phi) is 4.76. The van der Waals surface area contributed by atoms with E-state index in [1.54, 1.807) is 0 Å². The molecule has 2 aliphatic rings. The molecule has 1 aromatic heterocycles. The van der Waals surface area contributed by atoms with Gasteiger partial charge in [0.2, 0.25) is 11.0 Å². The van der Waals surface area contributed by atoms with Crippen molar-refractivity contribution in [3.05, 3.63) is 17.9 Å². The number of aliphatic carboxylic acids is 1. The predicted octanol–water partition coefficient (Wildman–Crippen LogP) is -0.678. The SMILES string of the molecule is NC(=O)c1ccc(S(=O)(=O)N2CCN(C(=O)C3CCC3C(=O)O)CC2)o1. The molecule has 1 saturated heterocycles. The molecule has 1 aliphatic heterocycles. The van der Waals surface area contributed by atoms with Crippen molar-refractivity contribution in [1.29, 1.82) is 0 Å². The van der Waals surface area contributed by atoms with Crippen molar-refractivity contribution >= 4 is 27.8 Å². The summed E-state index contributed by atoms with van der Waals surface area (Å²) in [5.74, 6) is -3.51. The van der Waals surface area contributed by atoms with E-state index in [4.69, 9.17) is 15.3 Å². The second kappa shape index (κ2) is 6.72. The number of carbonyl (C=O) groups is 3. The molecule has 2 heterocycles. The molecule has 0 aromatic carbocycles. The molecule has 2 fully saturated rings. The quantitative estimate of drug-likeness (QED) is 0.681. The maximum absolute atomic E-state index is 12.5. The molecule has 2 atom stereocenters. The van der Waals surface area contributed by atoms with E-state index in [0.717, 1.165) is 4.31 Å². The normalized spacial score (nSPS) is 24.1. The first-order valence-electron chi connectivity index (χ1n) is 8.13. The minimum Gasteiger partial charge on any atom is -0.481 e. The molecule has 1 aromatic rings. The first kappa shape index (κ1) is 18.4. The largest absolute Gasteiger partial charge is 0.481 e. The third-order valence-corrected chi connectivity index (χ3v) is 6.65. The van der Waals surface area contributed by atoms with E-state index in [9.17, 15) is 22.8 Å². The standard InChI is InChI=1S/C15H19N3O7S/c16-13(19)11-3-4-12(25-11)26(23,24)18-7-5-17(6-8-18)14(20)9-1-2-10(9)15(21)22/h3-4,9-10H,1-2,5-8H2,(H2,16,19)(H,21,22). The topological polar surface area (TPSA) is 151 Å². The average molecular weight is 385 g/mol. The van der Waals surface area contributed by atoms with Gasteiger partial charge in [0.25, 0.3) is 15.9 Å². The maximum atomic E-state index is 12.5. The Labute approximate surface area is 149 Å². The Morgan fingerprint density at radius 2 is 1.69 bits per heavy atom. The fourth-order valence-corrected chi connectivity index (χ4v) is 4.53. The maximum Gasteiger partial charge on any atom is 0.307 e. The predicted molar refractivity (Wildman–Crippen MR) is 86.4 cm³/mol. The van der Waals surface area contributed by atoms with Crippen molar-refractivity contribution in [2.75, 3.05) is 26.2 Å². The minimum absolute atomic E-state index is 0.0607. The van der Waals surface area contributed by atoms with Gasteiger partial charge in [-0.05, 0) is 25.0 Å². The molecule has 2 unspecified atom stereocenters. The van der Waals surface area contributed by atoms with Gasteiger partial charge in [0.1, 0.15) is 0 Å². The molecule has 0 spiro atoms. The second-order valence-corrected chi connectivity index (χ2v) is 8.21. The van der Waals surface area contributed by atoms with Crippen LogP contribution in [0.3, 0.4) is 0 Å². The van der Waals surface area contributed by atoms with Crippen molar-refractivity contribution in [2.45, 2.75) is 17.9 Å². The van der Waals surface area contributed by atoms with Crippen molar-refractivity contribution in [2.24, 2.45) is 17.6 Å². The van der Waals surface area contributed by atoms with E-state index >= 15 is 0 Å². The molecule has 2 amide bonds. The highest BCUT2D eigenvalue weighted by Crippen LogP contribution is 2.36. The Bertz CT molecular complexity index is 839. The summed E-state index contributed by atoms with van der Waals surface area (Å²) in [6, 6.07) is 2.36. The van der Waals surface area contributed by atoms with E-state index in [0.29, 0.717) is 12.8 Å². The smallest absolute Gasteiger partial charge is 0.307 e. The van der Waals surface area contributed by atoms with Gasteiger partial charge in [-0.15, -0.1) is 0 Å². The number of sulfonamides is 1. The van der Waals surface area contributed by atoms with Crippen LogP contribution >= 0.6 is 0 Å². The summed E-state index contributed by atoms with van der Waals surface area (Å²) in [5.41, 5.74) is 5.05. The summed E-state index contributed by atoms with van der Waals surface area (Å²) < 4.78 is 31.2. The third-order valence-electron chi connectivity index (χ3n) is 4.88. The molecule has 1 aliphatic carbocycles. The highest BCUT2D eigenvalue weighted by atomic mass is 32.2. The molecule has 11 heteroatoms. The van der Waals surface area contributed by atoms with Crippen LogP contribution in [0.5, 0.6) is 0 Å². The molecule has 1 saturated carbocycles. The summed E-state index contributed by atoms with van der Waals surface area (Å²) >= 11 is 0. The Morgan fingerprint density at radius 1 is 1.08 bits per heavy atom. The van der Waals surface area contributed by atoms with Gasteiger partial charge in [-0.1, -0.05) is 0 Å². The molecule has 0 bridgehead atoms.